The third-order valence-electron chi connectivity index (χ3n) is 7.99. The third-order valence-corrected chi connectivity index (χ3v) is 7.99. The van der Waals surface area contributed by atoms with Crippen LogP contribution in [0.15, 0.2) is 73.3 Å². The maximum atomic E-state index is 14.8. The Morgan fingerprint density at radius 3 is 2.57 bits per heavy atom. The molecule has 0 atom stereocenters. The number of hydrogen-bond acceptors (Lipinski definition) is 6. The summed E-state index contributed by atoms with van der Waals surface area (Å²) in [5.41, 5.74) is 8.09. The fourth-order valence-corrected chi connectivity index (χ4v) is 5.74. The number of hydrogen-bond donors (Lipinski definition) is 2. The van der Waals surface area contributed by atoms with Gasteiger partial charge >= 0.3 is 0 Å². The van der Waals surface area contributed by atoms with Crippen LogP contribution in [0.3, 0.4) is 0 Å². The van der Waals surface area contributed by atoms with Crippen LogP contribution in [0.1, 0.15) is 12.8 Å². The highest BCUT2D eigenvalue weighted by Crippen LogP contribution is 2.36. The normalized spacial score (nSPS) is 13.8. The molecule has 0 amide bonds. The number of nitrogens with one attached hydrogen (secondary N) is 2. The van der Waals surface area contributed by atoms with Crippen molar-refractivity contribution >= 4 is 27.5 Å². The Balaban J connectivity index is 1.22. The zero-order chi connectivity index (χ0) is 28.6. The van der Waals surface area contributed by atoms with Gasteiger partial charge in [0.05, 0.1) is 34.8 Å². The van der Waals surface area contributed by atoms with Gasteiger partial charge in [-0.2, -0.15) is 5.10 Å². The SMILES string of the molecule is CN(C)c1cncc(-c2ccc3[nH]nc(-c4cc5c(-c6cc(F)cc(OCCN7CCCC7)c6)cncc5[nH]4)c3c2)c1. The smallest absolute Gasteiger partial charge is 0.127 e. The van der Waals surface area contributed by atoms with Crippen molar-refractivity contribution in [3.05, 3.63) is 79.1 Å². The molecule has 0 spiro atoms. The summed E-state index contributed by atoms with van der Waals surface area (Å²) >= 11 is 0. The van der Waals surface area contributed by atoms with Crippen LogP contribution in [0, 0.1) is 5.82 Å². The zero-order valence-corrected chi connectivity index (χ0v) is 23.7. The minimum Gasteiger partial charge on any atom is -0.492 e. The van der Waals surface area contributed by atoms with Gasteiger partial charge in [0.25, 0.3) is 0 Å². The molecule has 2 N–H and O–H groups in total. The van der Waals surface area contributed by atoms with Gasteiger partial charge < -0.3 is 14.6 Å². The van der Waals surface area contributed by atoms with Gasteiger partial charge in [0.15, 0.2) is 0 Å². The predicted octanol–water partition coefficient (Wildman–Crippen LogP) is 6.51. The van der Waals surface area contributed by atoms with Gasteiger partial charge in [-0.3, -0.25) is 20.0 Å². The Labute approximate surface area is 243 Å². The fraction of sp³-hybridized carbons (Fsp3) is 0.242. The monoisotopic (exact) mass is 561 g/mol. The molecule has 212 valence electrons. The first kappa shape index (κ1) is 26.2. The van der Waals surface area contributed by atoms with Crippen LogP contribution < -0.4 is 9.64 Å². The van der Waals surface area contributed by atoms with Crippen molar-refractivity contribution in [3.63, 3.8) is 0 Å². The quantitative estimate of drug-likeness (QED) is 0.220. The Morgan fingerprint density at radius 2 is 1.71 bits per heavy atom. The molecule has 1 saturated heterocycles. The Hall–Kier alpha value is -4.76. The molecule has 1 aliphatic rings. The zero-order valence-electron chi connectivity index (χ0n) is 23.7. The van der Waals surface area contributed by atoms with Crippen molar-refractivity contribution in [2.45, 2.75) is 12.8 Å². The van der Waals surface area contributed by atoms with Crippen molar-refractivity contribution in [1.82, 2.24) is 30.0 Å². The van der Waals surface area contributed by atoms with Crippen molar-refractivity contribution in [2.24, 2.45) is 0 Å². The highest BCUT2D eigenvalue weighted by atomic mass is 19.1. The number of nitrogens with zero attached hydrogens (tertiary/aromatic N) is 5. The van der Waals surface area contributed by atoms with Gasteiger partial charge in [0, 0.05) is 61.0 Å². The minimum absolute atomic E-state index is 0.338. The average molecular weight is 562 g/mol. The number of aromatic nitrogens is 5. The number of likely N-dealkylation sites (tertiary alicyclic amines) is 1. The molecule has 42 heavy (non-hydrogen) atoms. The van der Waals surface area contributed by atoms with Crippen molar-refractivity contribution in [2.75, 3.05) is 45.2 Å². The summed E-state index contributed by atoms with van der Waals surface area (Å²) in [7, 11) is 4.01. The summed E-state index contributed by atoms with van der Waals surface area (Å²) in [5.74, 6) is 0.186. The maximum absolute atomic E-state index is 14.8. The van der Waals surface area contributed by atoms with Crippen LogP contribution in [0.4, 0.5) is 10.1 Å². The summed E-state index contributed by atoms with van der Waals surface area (Å²) in [6, 6.07) is 15.3. The van der Waals surface area contributed by atoms with Gasteiger partial charge in [-0.1, -0.05) is 6.07 Å². The first-order valence-corrected chi connectivity index (χ1v) is 14.3. The van der Waals surface area contributed by atoms with Crippen molar-refractivity contribution in [3.8, 4) is 39.4 Å². The van der Waals surface area contributed by atoms with Crippen LogP contribution >= 0.6 is 0 Å². The first-order chi connectivity index (χ1) is 20.5. The van der Waals surface area contributed by atoms with Crippen LogP contribution in [0.2, 0.25) is 0 Å². The van der Waals surface area contributed by atoms with Gasteiger partial charge in [-0.15, -0.1) is 0 Å². The van der Waals surface area contributed by atoms with Crippen LogP contribution in [-0.4, -0.2) is 70.4 Å². The standard InChI is InChI=1S/C33H32FN7O/c1-40(2)25-12-23(17-35-18-25)21-5-6-30-28(14-21)33(39-38-30)31-16-27-29(19-36-20-32(27)37-31)22-11-24(34)15-26(13-22)42-10-9-41-7-3-4-8-41/h5-6,11-20,37H,3-4,7-10H2,1-2H3,(H,38,39). The number of H-pyrrole nitrogens is 2. The molecule has 0 unspecified atom stereocenters. The molecule has 4 aromatic heterocycles. The molecular weight excluding hydrogens is 529 g/mol. The van der Waals surface area contributed by atoms with Crippen LogP contribution in [0.25, 0.3) is 55.4 Å². The number of benzene rings is 2. The molecule has 9 heteroatoms. The lowest BCUT2D eigenvalue weighted by molar-refractivity contribution is 0.237. The lowest BCUT2D eigenvalue weighted by Crippen LogP contribution is -2.25. The molecule has 6 aromatic rings. The Bertz CT molecular complexity index is 1890. The van der Waals surface area contributed by atoms with Crippen molar-refractivity contribution in [1.29, 1.82) is 0 Å². The van der Waals surface area contributed by atoms with Gasteiger partial charge in [-0.25, -0.2) is 4.39 Å². The molecule has 5 heterocycles. The second-order valence-electron chi connectivity index (χ2n) is 11.1. The van der Waals surface area contributed by atoms with E-state index in [1.807, 2.05) is 43.5 Å². The first-order valence-electron chi connectivity index (χ1n) is 14.3. The van der Waals surface area contributed by atoms with E-state index in [0.717, 1.165) is 80.8 Å². The molecule has 8 nitrogen and oxygen atoms in total. The minimum atomic E-state index is -0.338. The maximum Gasteiger partial charge on any atom is 0.127 e. The number of pyridine rings is 2. The van der Waals surface area contributed by atoms with Gasteiger partial charge in [0.2, 0.25) is 0 Å². The molecule has 0 aliphatic carbocycles. The lowest BCUT2D eigenvalue weighted by Gasteiger charge is -2.15. The van der Waals surface area contributed by atoms with E-state index in [4.69, 9.17) is 4.74 Å². The molecule has 0 bridgehead atoms. The number of anilines is 1. The van der Waals surface area contributed by atoms with Crippen molar-refractivity contribution < 1.29 is 9.13 Å². The third kappa shape index (κ3) is 5.07. The summed E-state index contributed by atoms with van der Waals surface area (Å²) in [6.45, 7) is 3.59. The second kappa shape index (κ2) is 10.9. The average Bonchev–Trinajstić information content (AvgIpc) is 3.76. The highest BCUT2D eigenvalue weighted by Gasteiger charge is 2.16. The van der Waals surface area contributed by atoms with E-state index in [1.54, 1.807) is 12.4 Å². The number of rotatable bonds is 8. The largest absolute Gasteiger partial charge is 0.492 e. The summed E-state index contributed by atoms with van der Waals surface area (Å²) in [5, 5.41) is 9.74. The second-order valence-corrected chi connectivity index (χ2v) is 11.1. The molecule has 0 saturated carbocycles. The molecule has 0 radical (unpaired) electrons. The summed E-state index contributed by atoms with van der Waals surface area (Å²) < 4.78 is 20.7. The predicted molar refractivity (Wildman–Crippen MR) is 165 cm³/mol. The lowest BCUT2D eigenvalue weighted by atomic mass is 10.0. The molecule has 1 fully saturated rings. The molecule has 1 aliphatic heterocycles. The topological polar surface area (TPSA) is 86.0 Å². The van der Waals surface area contributed by atoms with E-state index < -0.39 is 0 Å². The highest BCUT2D eigenvalue weighted by molar-refractivity contribution is 6.01. The van der Waals surface area contributed by atoms with Gasteiger partial charge in [0.1, 0.15) is 23.9 Å². The Morgan fingerprint density at radius 1 is 0.857 bits per heavy atom. The van der Waals surface area contributed by atoms with Gasteiger partial charge in [-0.05, 0) is 73.5 Å². The summed E-state index contributed by atoms with van der Waals surface area (Å²) in [4.78, 5) is 16.8. The number of ether oxygens (including phenoxy) is 1. The number of fused-ring (bicyclic) bond motifs is 2. The van der Waals surface area contributed by atoms with E-state index in [-0.39, 0.29) is 5.82 Å². The Kier molecular flexibility index (Phi) is 6.79. The molecule has 7 rings (SSSR count). The molecule has 2 aromatic carbocycles. The van der Waals surface area contributed by atoms with E-state index in [9.17, 15) is 4.39 Å². The number of aromatic amines is 2. The van der Waals surface area contributed by atoms with Crippen LogP contribution in [0.5, 0.6) is 5.75 Å². The number of halogens is 1. The van der Waals surface area contributed by atoms with Crippen LogP contribution in [-0.2, 0) is 0 Å². The van der Waals surface area contributed by atoms with E-state index in [0.29, 0.717) is 12.4 Å². The molecular formula is C33H32FN7O. The summed E-state index contributed by atoms with van der Waals surface area (Å²) in [6.07, 6.45) is 9.75. The van der Waals surface area contributed by atoms with E-state index >= 15 is 0 Å². The fourth-order valence-electron chi connectivity index (χ4n) is 5.74. The van der Waals surface area contributed by atoms with E-state index in [1.165, 1.54) is 25.0 Å². The van der Waals surface area contributed by atoms with E-state index in [2.05, 4.69) is 54.3 Å².